The number of rotatable bonds is 4. The van der Waals surface area contributed by atoms with Gasteiger partial charge in [0.1, 0.15) is 0 Å². The maximum Gasteiger partial charge on any atom is 0.274 e. The summed E-state index contributed by atoms with van der Waals surface area (Å²) in [6.45, 7) is 1.91. The van der Waals surface area contributed by atoms with Crippen molar-refractivity contribution in [2.45, 2.75) is 17.4 Å². The SMILES string of the molecule is NS(=O)(=O)c1ccc(CC2CNCCO2)c([N+](=O)[O-])c1. The molecule has 1 aliphatic heterocycles. The Morgan fingerprint density at radius 1 is 1.50 bits per heavy atom. The summed E-state index contributed by atoms with van der Waals surface area (Å²) < 4.78 is 27.9. The highest BCUT2D eigenvalue weighted by Crippen LogP contribution is 2.24. The lowest BCUT2D eigenvalue weighted by atomic mass is 10.1. The van der Waals surface area contributed by atoms with Gasteiger partial charge in [-0.15, -0.1) is 0 Å². The van der Waals surface area contributed by atoms with E-state index in [9.17, 15) is 18.5 Å². The molecule has 110 valence electrons. The van der Waals surface area contributed by atoms with Gasteiger partial charge >= 0.3 is 0 Å². The molecule has 0 bridgehead atoms. The first-order valence-corrected chi connectivity index (χ1v) is 7.55. The van der Waals surface area contributed by atoms with Gasteiger partial charge in [-0.05, 0) is 6.07 Å². The third kappa shape index (κ3) is 3.51. The quantitative estimate of drug-likeness (QED) is 0.585. The minimum Gasteiger partial charge on any atom is -0.375 e. The molecule has 9 heteroatoms. The van der Waals surface area contributed by atoms with E-state index >= 15 is 0 Å². The molecule has 0 amide bonds. The predicted molar refractivity (Wildman–Crippen MR) is 70.8 cm³/mol. The average Bonchev–Trinajstić information content (AvgIpc) is 2.38. The molecular weight excluding hydrogens is 286 g/mol. The molecule has 1 saturated heterocycles. The van der Waals surface area contributed by atoms with E-state index in [2.05, 4.69) is 5.32 Å². The molecule has 1 aromatic carbocycles. The zero-order valence-electron chi connectivity index (χ0n) is 10.6. The summed E-state index contributed by atoms with van der Waals surface area (Å²) in [5, 5.41) is 19.2. The number of benzene rings is 1. The molecule has 2 rings (SSSR count). The van der Waals surface area contributed by atoms with Gasteiger partial charge in [-0.25, -0.2) is 13.6 Å². The lowest BCUT2D eigenvalue weighted by molar-refractivity contribution is -0.385. The summed E-state index contributed by atoms with van der Waals surface area (Å²) >= 11 is 0. The van der Waals surface area contributed by atoms with E-state index in [-0.39, 0.29) is 16.7 Å². The summed E-state index contributed by atoms with van der Waals surface area (Å²) in [4.78, 5) is 10.2. The van der Waals surface area contributed by atoms with E-state index in [0.717, 1.165) is 12.6 Å². The van der Waals surface area contributed by atoms with Crippen molar-refractivity contribution in [1.82, 2.24) is 5.32 Å². The monoisotopic (exact) mass is 301 g/mol. The molecule has 1 aliphatic rings. The molecule has 0 radical (unpaired) electrons. The lowest BCUT2D eigenvalue weighted by Crippen LogP contribution is -2.39. The van der Waals surface area contributed by atoms with Gasteiger partial charge < -0.3 is 10.1 Å². The zero-order valence-corrected chi connectivity index (χ0v) is 11.4. The standard InChI is InChI=1S/C11H15N3O5S/c12-20(17,18)10-2-1-8(11(6-10)14(15)16)5-9-7-13-3-4-19-9/h1-2,6,9,13H,3-5,7H2,(H2,12,17,18). The largest absolute Gasteiger partial charge is 0.375 e. The number of ether oxygens (including phenoxy) is 1. The fraction of sp³-hybridized carbons (Fsp3) is 0.455. The van der Waals surface area contributed by atoms with Crippen molar-refractivity contribution in [3.63, 3.8) is 0 Å². The first-order valence-electron chi connectivity index (χ1n) is 6.00. The molecule has 1 heterocycles. The summed E-state index contributed by atoms with van der Waals surface area (Å²) in [6, 6.07) is 3.67. The van der Waals surface area contributed by atoms with E-state index in [1.165, 1.54) is 12.1 Å². The van der Waals surface area contributed by atoms with Crippen molar-refractivity contribution >= 4 is 15.7 Å². The topological polar surface area (TPSA) is 125 Å². The average molecular weight is 301 g/mol. The number of hydrogen-bond acceptors (Lipinski definition) is 6. The first-order chi connectivity index (χ1) is 9.38. The molecule has 3 N–H and O–H groups in total. The molecular formula is C11H15N3O5S. The van der Waals surface area contributed by atoms with Crippen LogP contribution < -0.4 is 10.5 Å². The Bertz CT molecular complexity index is 610. The number of nitrogens with zero attached hydrogens (tertiary/aromatic N) is 1. The number of sulfonamides is 1. The maximum atomic E-state index is 11.2. The molecule has 1 fully saturated rings. The van der Waals surface area contributed by atoms with Crippen molar-refractivity contribution in [3.8, 4) is 0 Å². The second-order valence-electron chi connectivity index (χ2n) is 4.49. The van der Waals surface area contributed by atoms with E-state index in [1.807, 2.05) is 0 Å². The first kappa shape index (κ1) is 14.9. The molecule has 0 spiro atoms. The lowest BCUT2D eigenvalue weighted by Gasteiger charge is -2.23. The molecule has 0 aromatic heterocycles. The van der Waals surface area contributed by atoms with E-state index < -0.39 is 14.9 Å². The van der Waals surface area contributed by atoms with Crippen LogP contribution >= 0.6 is 0 Å². The molecule has 1 unspecified atom stereocenters. The zero-order chi connectivity index (χ0) is 14.8. The highest BCUT2D eigenvalue weighted by molar-refractivity contribution is 7.89. The summed E-state index contributed by atoms with van der Waals surface area (Å²) in [5.74, 6) is 0. The summed E-state index contributed by atoms with van der Waals surface area (Å²) in [6.07, 6.45) is 0.177. The van der Waals surface area contributed by atoms with Crippen molar-refractivity contribution in [3.05, 3.63) is 33.9 Å². The van der Waals surface area contributed by atoms with Crippen LogP contribution in [0.5, 0.6) is 0 Å². The van der Waals surface area contributed by atoms with Crippen LogP contribution in [0, 0.1) is 10.1 Å². The van der Waals surface area contributed by atoms with Crippen LogP contribution in [0.25, 0.3) is 0 Å². The molecule has 1 atom stereocenters. The van der Waals surface area contributed by atoms with E-state index in [1.54, 1.807) is 0 Å². The predicted octanol–water partition coefficient (Wildman–Crippen LogP) is -0.227. The van der Waals surface area contributed by atoms with E-state index in [0.29, 0.717) is 25.1 Å². The van der Waals surface area contributed by atoms with Crippen LogP contribution in [-0.2, 0) is 21.2 Å². The number of primary sulfonamides is 1. The van der Waals surface area contributed by atoms with Crippen molar-refractivity contribution in [1.29, 1.82) is 0 Å². The minimum atomic E-state index is -3.96. The number of nitrogens with two attached hydrogens (primary N) is 1. The molecule has 8 nitrogen and oxygen atoms in total. The van der Waals surface area contributed by atoms with Crippen LogP contribution in [-0.4, -0.2) is 39.1 Å². The fourth-order valence-electron chi connectivity index (χ4n) is 2.06. The van der Waals surface area contributed by atoms with Crippen molar-refractivity contribution in [2.75, 3.05) is 19.7 Å². The third-order valence-electron chi connectivity index (χ3n) is 3.03. The van der Waals surface area contributed by atoms with Crippen LogP contribution in [0.2, 0.25) is 0 Å². The summed E-state index contributed by atoms with van der Waals surface area (Å²) in [5.41, 5.74) is 0.168. The molecule has 1 aromatic rings. The second-order valence-corrected chi connectivity index (χ2v) is 6.06. The normalized spacial score (nSPS) is 19.8. The van der Waals surface area contributed by atoms with Crippen LogP contribution in [0.4, 0.5) is 5.69 Å². The van der Waals surface area contributed by atoms with Gasteiger partial charge in [0, 0.05) is 31.1 Å². The highest BCUT2D eigenvalue weighted by atomic mass is 32.2. The number of morpholine rings is 1. The molecule has 20 heavy (non-hydrogen) atoms. The van der Waals surface area contributed by atoms with Crippen LogP contribution in [0.3, 0.4) is 0 Å². The number of nitrogens with one attached hydrogen (secondary N) is 1. The second kappa shape index (κ2) is 5.83. The molecule has 0 aliphatic carbocycles. The fourth-order valence-corrected chi connectivity index (χ4v) is 2.59. The van der Waals surface area contributed by atoms with Crippen molar-refractivity contribution < 1.29 is 18.1 Å². The van der Waals surface area contributed by atoms with Gasteiger partial charge in [-0.1, -0.05) is 6.07 Å². The van der Waals surface area contributed by atoms with Gasteiger partial charge in [-0.3, -0.25) is 10.1 Å². The highest BCUT2D eigenvalue weighted by Gasteiger charge is 2.22. The van der Waals surface area contributed by atoms with Gasteiger partial charge in [0.05, 0.1) is 22.5 Å². The van der Waals surface area contributed by atoms with Gasteiger partial charge in [-0.2, -0.15) is 0 Å². The minimum absolute atomic E-state index is 0.164. The van der Waals surface area contributed by atoms with Crippen LogP contribution in [0.15, 0.2) is 23.1 Å². The summed E-state index contributed by atoms with van der Waals surface area (Å²) in [7, 11) is -3.96. The third-order valence-corrected chi connectivity index (χ3v) is 3.94. The van der Waals surface area contributed by atoms with Crippen LogP contribution in [0.1, 0.15) is 5.56 Å². The van der Waals surface area contributed by atoms with Gasteiger partial charge in [0.25, 0.3) is 5.69 Å². The Hall–Kier alpha value is -1.55. The Morgan fingerprint density at radius 3 is 2.80 bits per heavy atom. The molecule has 0 saturated carbocycles. The number of nitro groups is 1. The Kier molecular flexibility index (Phi) is 4.33. The Morgan fingerprint density at radius 2 is 2.25 bits per heavy atom. The van der Waals surface area contributed by atoms with Gasteiger partial charge in [0.2, 0.25) is 10.0 Å². The van der Waals surface area contributed by atoms with E-state index in [4.69, 9.17) is 9.88 Å². The Balaban J connectivity index is 2.30. The number of nitro benzene ring substituents is 1. The Labute approximate surface area is 116 Å². The maximum absolute atomic E-state index is 11.2. The van der Waals surface area contributed by atoms with Gasteiger partial charge in [0.15, 0.2) is 0 Å². The number of hydrogen-bond donors (Lipinski definition) is 2. The smallest absolute Gasteiger partial charge is 0.274 e. The van der Waals surface area contributed by atoms with Crippen molar-refractivity contribution in [2.24, 2.45) is 5.14 Å².